The Balaban J connectivity index is 2.37. The van der Waals surface area contributed by atoms with Crippen LogP contribution in [0.2, 0.25) is 0 Å². The fraction of sp³-hybridized carbons (Fsp3) is 0.583. The van der Waals surface area contributed by atoms with Crippen LogP contribution in [0.3, 0.4) is 0 Å². The topological polar surface area (TPSA) is 95.9 Å². The number of thioether (sulfide) groups is 1. The highest BCUT2D eigenvalue weighted by molar-refractivity contribution is 8.00. The average Bonchev–Trinajstić information content (AvgIpc) is 2.51. The summed E-state index contributed by atoms with van der Waals surface area (Å²) < 4.78 is 5.47. The van der Waals surface area contributed by atoms with Crippen LogP contribution in [0.4, 0.5) is 0 Å². The van der Waals surface area contributed by atoms with Gasteiger partial charge in [0, 0.05) is 18.2 Å². The zero-order chi connectivity index (χ0) is 16.5. The molecule has 0 aliphatic carbocycles. The van der Waals surface area contributed by atoms with E-state index in [1.54, 1.807) is 6.92 Å². The minimum absolute atomic E-state index is 0.0147. The number of carboxylic acids is 1. The van der Waals surface area contributed by atoms with Gasteiger partial charge < -0.3 is 15.2 Å². The van der Waals surface area contributed by atoms with Gasteiger partial charge in [-0.2, -0.15) is 0 Å². The van der Waals surface area contributed by atoms with Crippen LogP contribution in [0.1, 0.15) is 6.92 Å². The number of hydrogen-bond acceptors (Lipinski definition) is 5. The minimum atomic E-state index is -1.58. The second-order valence-corrected chi connectivity index (χ2v) is 6.18. The molecule has 122 valence electrons. The molecule has 0 aromatic rings. The number of rotatable bonds is 6. The van der Waals surface area contributed by atoms with Crippen molar-refractivity contribution in [2.24, 2.45) is 0 Å². The van der Waals surface area contributed by atoms with Gasteiger partial charge in [0.15, 0.2) is 0 Å². The van der Waals surface area contributed by atoms with Crippen molar-refractivity contribution in [2.45, 2.75) is 18.0 Å². The molecule has 22 heavy (non-hydrogen) atoms. The van der Waals surface area contributed by atoms with E-state index in [9.17, 15) is 19.5 Å². The lowest BCUT2D eigenvalue weighted by molar-refractivity contribution is -0.197. The molecule has 0 saturated carbocycles. The fourth-order valence-electron chi connectivity index (χ4n) is 2.44. The van der Waals surface area contributed by atoms with Gasteiger partial charge >= 0.3 is 5.97 Å². The smallest absolute Gasteiger partial charge is 0.352 e. The highest BCUT2D eigenvalue weighted by Gasteiger charge is 2.66. The van der Waals surface area contributed by atoms with Gasteiger partial charge in [0.1, 0.15) is 17.0 Å². The fourth-order valence-corrected chi connectivity index (χ4v) is 4.25. The van der Waals surface area contributed by atoms with E-state index in [0.717, 1.165) is 4.90 Å². The lowest BCUT2D eigenvalue weighted by atomic mass is 9.98. The van der Waals surface area contributed by atoms with E-state index in [1.807, 2.05) is 0 Å². The molecule has 2 N–H and O–H groups in total. The van der Waals surface area contributed by atoms with Gasteiger partial charge in [-0.3, -0.25) is 14.5 Å². The van der Waals surface area contributed by atoms with Crippen molar-refractivity contribution in [3.63, 3.8) is 0 Å². The number of halogens is 2. The monoisotopic (exact) mass is 368 g/mol. The number of hydrogen-bond donors (Lipinski definition) is 2. The second-order valence-electron chi connectivity index (χ2n) is 4.58. The third-order valence-corrected chi connectivity index (χ3v) is 5.23. The second kappa shape index (κ2) is 6.66. The van der Waals surface area contributed by atoms with E-state index in [1.165, 1.54) is 11.8 Å². The van der Waals surface area contributed by atoms with Crippen LogP contribution in [-0.2, 0) is 19.1 Å². The predicted molar refractivity (Wildman–Crippen MR) is 81.7 cm³/mol. The number of carbonyl (C=O) groups is 3. The standard InChI is InChI=1S/C12H14Cl2N2O5S/c1-2-21-12(15-7(17)4-14)10(20)16-8(9(18)19)6(3-13)5-22-11(12)16/h11H,2-5H2,1H3,(H,15,17)(H,18,19)/t11-,12?/m0/s1. The highest BCUT2D eigenvalue weighted by atomic mass is 35.5. The molecule has 2 aliphatic heterocycles. The molecule has 1 saturated heterocycles. The first kappa shape index (κ1) is 17.4. The summed E-state index contributed by atoms with van der Waals surface area (Å²) in [5, 5.41) is 11.1. The molecule has 7 nitrogen and oxygen atoms in total. The number of fused-ring (bicyclic) bond motifs is 1. The van der Waals surface area contributed by atoms with Crippen molar-refractivity contribution in [2.75, 3.05) is 24.1 Å². The van der Waals surface area contributed by atoms with Gasteiger partial charge in [-0.25, -0.2) is 4.79 Å². The normalized spacial score (nSPS) is 27.3. The maximum Gasteiger partial charge on any atom is 0.352 e. The lowest BCUT2D eigenvalue weighted by Gasteiger charge is -2.56. The van der Waals surface area contributed by atoms with E-state index < -0.39 is 28.9 Å². The number of ether oxygens (including phenoxy) is 1. The Hall–Kier alpha value is -0.960. The summed E-state index contributed by atoms with van der Waals surface area (Å²) in [6.07, 6.45) is 0. The van der Waals surface area contributed by atoms with Crippen LogP contribution in [0.15, 0.2) is 11.3 Å². The van der Waals surface area contributed by atoms with Crippen molar-refractivity contribution in [3.8, 4) is 0 Å². The van der Waals surface area contributed by atoms with Crippen LogP contribution in [-0.4, -0.2) is 63.0 Å². The molecule has 0 spiro atoms. The molecule has 1 unspecified atom stereocenters. The zero-order valence-electron chi connectivity index (χ0n) is 11.6. The van der Waals surface area contributed by atoms with Crippen molar-refractivity contribution < 1.29 is 24.2 Å². The Kier molecular flexibility index (Phi) is 5.26. The molecule has 10 heteroatoms. The number of carboxylic acid groups (broad SMARTS) is 1. The average molecular weight is 369 g/mol. The lowest BCUT2D eigenvalue weighted by Crippen LogP contribution is -2.81. The van der Waals surface area contributed by atoms with Crippen LogP contribution in [0.25, 0.3) is 0 Å². The van der Waals surface area contributed by atoms with E-state index in [-0.39, 0.29) is 24.1 Å². The third-order valence-electron chi connectivity index (χ3n) is 3.29. The number of alkyl halides is 2. The number of amides is 2. The highest BCUT2D eigenvalue weighted by Crippen LogP contribution is 2.46. The Morgan fingerprint density at radius 1 is 1.55 bits per heavy atom. The summed E-state index contributed by atoms with van der Waals surface area (Å²) in [5.74, 6) is -2.40. The number of nitrogens with zero attached hydrogens (tertiary/aromatic N) is 1. The van der Waals surface area contributed by atoms with Crippen molar-refractivity contribution in [3.05, 3.63) is 11.3 Å². The van der Waals surface area contributed by atoms with Crippen LogP contribution >= 0.6 is 35.0 Å². The first-order valence-electron chi connectivity index (χ1n) is 6.40. The Morgan fingerprint density at radius 3 is 2.73 bits per heavy atom. The molecule has 0 bridgehead atoms. The van der Waals surface area contributed by atoms with E-state index in [4.69, 9.17) is 27.9 Å². The van der Waals surface area contributed by atoms with Crippen LogP contribution in [0.5, 0.6) is 0 Å². The maximum absolute atomic E-state index is 12.5. The summed E-state index contributed by atoms with van der Waals surface area (Å²) in [7, 11) is 0. The summed E-state index contributed by atoms with van der Waals surface area (Å²) in [6.45, 7) is 1.85. The largest absolute Gasteiger partial charge is 0.477 e. The SMILES string of the molecule is CCOC1(NC(=O)CCl)C(=O)N2C(C(=O)O)=C(CCl)CS[C@H]21. The molecular formula is C12H14Cl2N2O5S. The van der Waals surface area contributed by atoms with Gasteiger partial charge in [0.2, 0.25) is 5.91 Å². The van der Waals surface area contributed by atoms with Crippen molar-refractivity contribution >= 4 is 52.7 Å². The van der Waals surface area contributed by atoms with E-state index >= 15 is 0 Å². The molecule has 2 aliphatic rings. The molecule has 0 aromatic carbocycles. The van der Waals surface area contributed by atoms with Crippen LogP contribution < -0.4 is 5.32 Å². The van der Waals surface area contributed by atoms with Gasteiger partial charge in [0.25, 0.3) is 11.6 Å². The Labute approximate surface area is 140 Å². The van der Waals surface area contributed by atoms with E-state index in [0.29, 0.717) is 11.3 Å². The van der Waals surface area contributed by atoms with Crippen molar-refractivity contribution in [1.29, 1.82) is 0 Å². The molecule has 2 rings (SSSR count). The molecule has 2 atom stereocenters. The molecule has 2 amide bonds. The number of nitrogens with one attached hydrogen (secondary N) is 1. The number of carbonyl (C=O) groups excluding carboxylic acids is 2. The first-order valence-corrected chi connectivity index (χ1v) is 8.52. The summed E-state index contributed by atoms with van der Waals surface area (Å²) >= 11 is 12.5. The third kappa shape index (κ3) is 2.58. The minimum Gasteiger partial charge on any atom is -0.477 e. The van der Waals surface area contributed by atoms with Gasteiger partial charge in [0.05, 0.1) is 0 Å². The molecule has 2 heterocycles. The maximum atomic E-state index is 12.5. The molecule has 0 aromatic heterocycles. The van der Waals surface area contributed by atoms with E-state index in [2.05, 4.69) is 5.32 Å². The Bertz CT molecular complexity index is 556. The Morgan fingerprint density at radius 2 is 2.23 bits per heavy atom. The quantitative estimate of drug-likeness (QED) is 0.404. The van der Waals surface area contributed by atoms with Crippen LogP contribution in [0, 0.1) is 0 Å². The summed E-state index contributed by atoms with van der Waals surface area (Å²) in [4.78, 5) is 36.7. The van der Waals surface area contributed by atoms with Gasteiger partial charge in [-0.05, 0) is 12.5 Å². The number of aliphatic carboxylic acids is 1. The zero-order valence-corrected chi connectivity index (χ0v) is 13.9. The summed E-state index contributed by atoms with van der Waals surface area (Å²) in [6, 6.07) is 0. The predicted octanol–water partition coefficient (Wildman–Crippen LogP) is 0.567. The summed E-state index contributed by atoms with van der Waals surface area (Å²) in [5.41, 5.74) is -1.26. The molecule has 1 fully saturated rings. The van der Waals surface area contributed by atoms with Gasteiger partial charge in [-0.1, -0.05) is 0 Å². The molecule has 0 radical (unpaired) electrons. The number of β-lactam (4-membered cyclic amide) rings is 1. The first-order chi connectivity index (χ1) is 10.4. The van der Waals surface area contributed by atoms with Gasteiger partial charge in [-0.15, -0.1) is 35.0 Å². The van der Waals surface area contributed by atoms with Crippen molar-refractivity contribution in [1.82, 2.24) is 10.2 Å². The molecular weight excluding hydrogens is 355 g/mol.